The number of hydrogen-bond acceptors (Lipinski definition) is 7. The minimum atomic E-state index is -1.82. The van der Waals surface area contributed by atoms with Gasteiger partial charge in [0, 0.05) is 17.0 Å². The second-order valence-corrected chi connectivity index (χ2v) is 4.55. The van der Waals surface area contributed by atoms with Crippen molar-refractivity contribution in [2.75, 3.05) is 12.3 Å². The Labute approximate surface area is 113 Å². The predicted molar refractivity (Wildman–Crippen MR) is 67.2 cm³/mol. The van der Waals surface area contributed by atoms with E-state index in [0.717, 1.165) is 4.57 Å². The first kappa shape index (κ1) is 14.3. The summed E-state index contributed by atoms with van der Waals surface area (Å²) in [5, 5.41) is 22.8. The van der Waals surface area contributed by atoms with Crippen molar-refractivity contribution in [1.29, 1.82) is 0 Å². The third kappa shape index (κ3) is 2.10. The van der Waals surface area contributed by atoms with Crippen LogP contribution in [0.25, 0.3) is 10.4 Å². The summed E-state index contributed by atoms with van der Waals surface area (Å²) in [5.41, 5.74) is 11.4. The summed E-state index contributed by atoms with van der Waals surface area (Å²) in [7, 11) is 0. The molecule has 1 aliphatic heterocycles. The van der Waals surface area contributed by atoms with Crippen LogP contribution in [0.1, 0.15) is 13.2 Å². The van der Waals surface area contributed by atoms with Crippen molar-refractivity contribution < 1.29 is 14.9 Å². The van der Waals surface area contributed by atoms with E-state index in [1.807, 2.05) is 0 Å². The van der Waals surface area contributed by atoms with E-state index in [-0.39, 0.29) is 5.82 Å². The molecule has 10 heteroatoms. The molecule has 0 amide bonds. The molecule has 10 nitrogen and oxygen atoms in total. The Kier molecular flexibility index (Phi) is 3.64. The smallest absolute Gasteiger partial charge is 0.351 e. The number of aliphatic hydroxyl groups excluding tert-OH is 2. The number of anilines is 1. The average Bonchev–Trinajstić information content (AvgIpc) is 2.65. The number of azide groups is 1. The van der Waals surface area contributed by atoms with Crippen LogP contribution in [0.3, 0.4) is 0 Å². The van der Waals surface area contributed by atoms with Crippen molar-refractivity contribution in [3.05, 3.63) is 33.2 Å². The highest BCUT2D eigenvalue weighted by Crippen LogP contribution is 2.41. The molecule has 0 spiro atoms. The van der Waals surface area contributed by atoms with E-state index in [9.17, 15) is 15.0 Å². The van der Waals surface area contributed by atoms with E-state index in [1.54, 1.807) is 6.92 Å². The lowest BCUT2D eigenvalue weighted by Crippen LogP contribution is -2.42. The van der Waals surface area contributed by atoms with Gasteiger partial charge in [-0.05, 0) is 11.6 Å². The van der Waals surface area contributed by atoms with Crippen molar-refractivity contribution in [1.82, 2.24) is 9.55 Å². The summed E-state index contributed by atoms with van der Waals surface area (Å²) < 4.78 is 6.55. The summed E-state index contributed by atoms with van der Waals surface area (Å²) in [6.07, 6.45) is -0.830. The summed E-state index contributed by atoms with van der Waals surface area (Å²) in [6, 6.07) is 1.40. The molecule has 1 saturated heterocycles. The molecule has 0 bridgehead atoms. The van der Waals surface area contributed by atoms with E-state index in [1.165, 1.54) is 12.3 Å². The van der Waals surface area contributed by atoms with Gasteiger partial charge in [0.1, 0.15) is 12.0 Å². The van der Waals surface area contributed by atoms with Gasteiger partial charge in [-0.3, -0.25) is 4.57 Å². The Morgan fingerprint density at radius 2 is 2.45 bits per heavy atom. The van der Waals surface area contributed by atoms with Gasteiger partial charge in [-0.2, -0.15) is 4.98 Å². The molecule has 4 N–H and O–H groups in total. The first-order valence-corrected chi connectivity index (χ1v) is 5.83. The number of aliphatic hydroxyl groups is 2. The van der Waals surface area contributed by atoms with Crippen LogP contribution < -0.4 is 11.4 Å². The van der Waals surface area contributed by atoms with Gasteiger partial charge >= 0.3 is 5.69 Å². The minimum absolute atomic E-state index is 0.0564. The van der Waals surface area contributed by atoms with E-state index in [0.29, 0.717) is 0 Å². The number of nitrogens with zero attached hydrogens (tertiary/aromatic N) is 5. The first-order chi connectivity index (χ1) is 9.45. The highest BCUT2D eigenvalue weighted by molar-refractivity contribution is 5.23. The molecular weight excluding hydrogens is 268 g/mol. The quantitative estimate of drug-likeness (QED) is 0.379. The SMILES string of the molecule is C[C@@H]1[C@H](n2ccc(N)nc2=O)O[C@@](CO)(N=[N+]=[N-])[C@H]1O. The fourth-order valence-electron chi connectivity index (χ4n) is 2.20. The lowest BCUT2D eigenvalue weighted by Gasteiger charge is -2.24. The average molecular weight is 282 g/mol. The Morgan fingerprint density at radius 3 is 3.00 bits per heavy atom. The normalized spacial score (nSPS) is 32.9. The molecular formula is C10H14N6O4. The molecule has 20 heavy (non-hydrogen) atoms. The maximum absolute atomic E-state index is 11.8. The summed E-state index contributed by atoms with van der Waals surface area (Å²) in [6.45, 7) is 0.888. The van der Waals surface area contributed by atoms with Crippen LogP contribution in [-0.4, -0.2) is 38.2 Å². The molecule has 1 aromatic heterocycles. The van der Waals surface area contributed by atoms with Crippen LogP contribution in [-0.2, 0) is 4.74 Å². The molecule has 0 radical (unpaired) electrons. The summed E-state index contributed by atoms with van der Waals surface area (Å²) >= 11 is 0. The molecule has 108 valence electrons. The second kappa shape index (κ2) is 5.10. The second-order valence-electron chi connectivity index (χ2n) is 4.55. The number of hydrogen-bond donors (Lipinski definition) is 3. The van der Waals surface area contributed by atoms with Gasteiger partial charge in [0.25, 0.3) is 0 Å². The summed E-state index contributed by atoms with van der Waals surface area (Å²) in [4.78, 5) is 17.9. The predicted octanol–water partition coefficient (Wildman–Crippen LogP) is -0.650. The van der Waals surface area contributed by atoms with Gasteiger partial charge in [0.05, 0.1) is 12.7 Å². The van der Waals surface area contributed by atoms with E-state index in [4.69, 9.17) is 16.0 Å². The molecule has 1 aliphatic rings. The molecule has 1 fully saturated rings. The molecule has 0 aromatic carbocycles. The van der Waals surface area contributed by atoms with Crippen LogP contribution in [0.2, 0.25) is 0 Å². The standard InChI is InChI=1S/C10H14N6O4/c1-5-7(18)10(4-17,14-15-12)20-8(5)16-3-2-6(11)13-9(16)19/h2-3,5,7-8,17-18H,4H2,1H3,(H2,11,13,19)/t5-,7-,8+,10+/m0/s1. The van der Waals surface area contributed by atoms with Crippen molar-refractivity contribution >= 4 is 5.82 Å². The topological polar surface area (TPSA) is 159 Å². The Bertz CT molecular complexity index is 612. The van der Waals surface area contributed by atoms with Crippen LogP contribution in [0.4, 0.5) is 5.82 Å². The van der Waals surface area contributed by atoms with Crippen LogP contribution in [0.15, 0.2) is 22.2 Å². The van der Waals surface area contributed by atoms with E-state index < -0.39 is 36.3 Å². The fourth-order valence-corrected chi connectivity index (χ4v) is 2.20. The lowest BCUT2D eigenvalue weighted by molar-refractivity contribution is -0.124. The highest BCUT2D eigenvalue weighted by atomic mass is 16.6. The molecule has 4 atom stereocenters. The third-order valence-corrected chi connectivity index (χ3v) is 3.30. The van der Waals surface area contributed by atoms with Crippen molar-refractivity contribution in [3.63, 3.8) is 0 Å². The van der Waals surface area contributed by atoms with Crippen molar-refractivity contribution in [2.24, 2.45) is 11.0 Å². The Hall–Kier alpha value is -2.13. The zero-order chi connectivity index (χ0) is 14.9. The fraction of sp³-hybridized carbons (Fsp3) is 0.600. The lowest BCUT2D eigenvalue weighted by atomic mass is 9.98. The van der Waals surface area contributed by atoms with E-state index in [2.05, 4.69) is 15.0 Å². The molecule has 1 aromatic rings. The number of nitrogen functional groups attached to an aromatic ring is 1. The zero-order valence-electron chi connectivity index (χ0n) is 10.6. The minimum Gasteiger partial charge on any atom is -0.393 e. The number of ether oxygens (including phenoxy) is 1. The van der Waals surface area contributed by atoms with Crippen LogP contribution in [0, 0.1) is 5.92 Å². The van der Waals surface area contributed by atoms with Crippen LogP contribution in [0.5, 0.6) is 0 Å². The van der Waals surface area contributed by atoms with Crippen molar-refractivity contribution in [3.8, 4) is 0 Å². The van der Waals surface area contributed by atoms with Gasteiger partial charge in [-0.1, -0.05) is 12.0 Å². The molecule has 0 saturated carbocycles. The molecule has 0 aliphatic carbocycles. The molecule has 0 unspecified atom stereocenters. The first-order valence-electron chi connectivity index (χ1n) is 5.83. The van der Waals surface area contributed by atoms with E-state index >= 15 is 0 Å². The largest absolute Gasteiger partial charge is 0.393 e. The maximum atomic E-state index is 11.8. The Balaban J connectivity index is 2.45. The van der Waals surface area contributed by atoms with Gasteiger partial charge in [0.2, 0.25) is 0 Å². The third-order valence-electron chi connectivity index (χ3n) is 3.30. The van der Waals surface area contributed by atoms with Gasteiger partial charge < -0.3 is 20.7 Å². The maximum Gasteiger partial charge on any atom is 0.351 e. The monoisotopic (exact) mass is 282 g/mol. The zero-order valence-corrected chi connectivity index (χ0v) is 10.6. The molecule has 2 heterocycles. The van der Waals surface area contributed by atoms with Gasteiger partial charge in [-0.15, -0.1) is 0 Å². The number of rotatable bonds is 3. The van der Waals surface area contributed by atoms with Crippen molar-refractivity contribution in [2.45, 2.75) is 25.0 Å². The van der Waals surface area contributed by atoms with Gasteiger partial charge in [-0.25, -0.2) is 4.79 Å². The number of nitrogens with two attached hydrogens (primary N) is 1. The highest BCUT2D eigenvalue weighted by Gasteiger charge is 2.53. The Morgan fingerprint density at radius 1 is 1.75 bits per heavy atom. The molecule has 2 rings (SSSR count). The summed E-state index contributed by atoms with van der Waals surface area (Å²) in [5.74, 6) is -0.545. The number of aromatic nitrogens is 2. The van der Waals surface area contributed by atoms with Crippen LogP contribution >= 0.6 is 0 Å². The van der Waals surface area contributed by atoms with Gasteiger partial charge in [0.15, 0.2) is 5.72 Å².